The van der Waals surface area contributed by atoms with Gasteiger partial charge in [-0.3, -0.25) is 0 Å². The summed E-state index contributed by atoms with van der Waals surface area (Å²) in [5, 5.41) is 42.2. The van der Waals surface area contributed by atoms with Gasteiger partial charge in [-0.25, -0.2) is 9.18 Å². The summed E-state index contributed by atoms with van der Waals surface area (Å²) in [5.41, 5.74) is 0. The Labute approximate surface area is 112 Å². The number of ether oxygens (including phenoxy) is 1. The maximum atomic E-state index is 12.1. The molecular weight excluding hydrogens is 281 g/mol. The summed E-state index contributed by atoms with van der Waals surface area (Å²) in [6.45, 7) is -2.28. The Kier molecular flexibility index (Phi) is 6.16. The van der Waals surface area contributed by atoms with Crippen molar-refractivity contribution in [2.45, 2.75) is 30.6 Å². The standard InChI is InChI=1S/C9H16FN3O7/c10-1-2-13(12-19)9(18)11-5-6(15)4(3-14)20-8(17)7(5)16/h4-8,14-17H,1-3H2,(H,11,18). The largest absolute Gasteiger partial charge is 0.394 e. The van der Waals surface area contributed by atoms with Crippen molar-refractivity contribution in [1.82, 2.24) is 10.3 Å². The molecule has 2 amide bonds. The molecule has 0 aliphatic carbocycles. The molecule has 0 aromatic rings. The third kappa shape index (κ3) is 3.58. The number of rotatable bonds is 5. The number of hydrogen-bond acceptors (Lipinski definition) is 8. The molecule has 0 aromatic carbocycles. The number of aliphatic hydroxyl groups excluding tert-OH is 4. The molecule has 5 unspecified atom stereocenters. The molecule has 1 rings (SSSR count). The van der Waals surface area contributed by atoms with Gasteiger partial charge in [0.05, 0.1) is 24.5 Å². The van der Waals surface area contributed by atoms with Crippen molar-refractivity contribution in [3.8, 4) is 0 Å². The highest BCUT2D eigenvalue weighted by Crippen LogP contribution is 2.19. The Morgan fingerprint density at radius 1 is 1.35 bits per heavy atom. The number of amides is 2. The summed E-state index contributed by atoms with van der Waals surface area (Å²) >= 11 is 0. The lowest BCUT2D eigenvalue weighted by Crippen LogP contribution is -2.65. The van der Waals surface area contributed by atoms with Crippen LogP contribution in [-0.4, -0.2) is 81.9 Å². The highest BCUT2D eigenvalue weighted by Gasteiger charge is 2.44. The van der Waals surface area contributed by atoms with Crippen molar-refractivity contribution in [1.29, 1.82) is 0 Å². The number of urea groups is 1. The van der Waals surface area contributed by atoms with E-state index < -0.39 is 56.5 Å². The summed E-state index contributed by atoms with van der Waals surface area (Å²) < 4.78 is 16.8. The molecule has 5 atom stereocenters. The lowest BCUT2D eigenvalue weighted by Gasteiger charge is -2.40. The Bertz CT molecular complexity index is 348. The zero-order valence-electron chi connectivity index (χ0n) is 10.3. The first-order chi connectivity index (χ1) is 9.46. The van der Waals surface area contributed by atoms with Gasteiger partial charge in [0.25, 0.3) is 0 Å². The number of carbonyl (C=O) groups excluding carboxylic acids is 1. The fourth-order valence-electron chi connectivity index (χ4n) is 1.75. The predicted molar refractivity (Wildman–Crippen MR) is 60.8 cm³/mol. The molecule has 11 heteroatoms. The van der Waals surface area contributed by atoms with Crippen molar-refractivity contribution in [2.24, 2.45) is 5.29 Å². The molecule has 1 saturated heterocycles. The molecule has 0 spiro atoms. The van der Waals surface area contributed by atoms with Gasteiger partial charge in [0.1, 0.15) is 25.0 Å². The Balaban J connectivity index is 2.76. The molecular formula is C9H16FN3O7. The summed E-state index contributed by atoms with van der Waals surface area (Å²) in [6, 6.07) is -2.58. The fourth-order valence-corrected chi connectivity index (χ4v) is 1.75. The molecule has 20 heavy (non-hydrogen) atoms. The van der Waals surface area contributed by atoms with Gasteiger partial charge >= 0.3 is 6.03 Å². The first-order valence-corrected chi connectivity index (χ1v) is 5.74. The van der Waals surface area contributed by atoms with Crippen molar-refractivity contribution in [3.05, 3.63) is 4.91 Å². The number of nitrogens with one attached hydrogen (secondary N) is 1. The van der Waals surface area contributed by atoms with Crippen LogP contribution in [0.15, 0.2) is 5.29 Å². The summed E-state index contributed by atoms with van der Waals surface area (Å²) in [7, 11) is 0. The molecule has 0 saturated carbocycles. The Morgan fingerprint density at radius 2 is 2.00 bits per heavy atom. The molecule has 5 N–H and O–H groups in total. The predicted octanol–water partition coefficient (Wildman–Crippen LogP) is -2.55. The molecule has 0 radical (unpaired) electrons. The third-order valence-electron chi connectivity index (χ3n) is 2.82. The third-order valence-corrected chi connectivity index (χ3v) is 2.82. The first kappa shape index (κ1) is 16.7. The molecule has 1 fully saturated rings. The molecule has 1 aliphatic rings. The van der Waals surface area contributed by atoms with E-state index in [1.54, 1.807) is 0 Å². The Hall–Kier alpha value is -1.40. The molecule has 1 aliphatic heterocycles. The van der Waals surface area contributed by atoms with Gasteiger partial charge in [-0.05, 0) is 0 Å². The van der Waals surface area contributed by atoms with E-state index in [4.69, 9.17) is 9.84 Å². The number of aliphatic hydroxyl groups is 4. The fraction of sp³-hybridized carbons (Fsp3) is 0.889. The van der Waals surface area contributed by atoms with E-state index in [1.165, 1.54) is 0 Å². The highest BCUT2D eigenvalue weighted by atomic mass is 19.1. The number of hydrogen-bond donors (Lipinski definition) is 5. The van der Waals surface area contributed by atoms with Crippen molar-refractivity contribution >= 4 is 6.03 Å². The monoisotopic (exact) mass is 297 g/mol. The van der Waals surface area contributed by atoms with E-state index in [1.807, 2.05) is 5.32 Å². The zero-order chi connectivity index (χ0) is 15.3. The molecule has 0 aromatic heterocycles. The van der Waals surface area contributed by atoms with E-state index in [0.29, 0.717) is 0 Å². The average Bonchev–Trinajstić information content (AvgIpc) is 2.44. The van der Waals surface area contributed by atoms with Crippen LogP contribution in [-0.2, 0) is 4.74 Å². The molecule has 1 heterocycles. The van der Waals surface area contributed by atoms with Gasteiger partial charge in [-0.2, -0.15) is 5.01 Å². The highest BCUT2D eigenvalue weighted by molar-refractivity contribution is 5.74. The zero-order valence-corrected chi connectivity index (χ0v) is 10.3. The quantitative estimate of drug-likeness (QED) is 0.276. The van der Waals surface area contributed by atoms with Crippen LogP contribution in [0.2, 0.25) is 0 Å². The van der Waals surface area contributed by atoms with Crippen molar-refractivity contribution < 1.29 is 34.3 Å². The summed E-state index contributed by atoms with van der Waals surface area (Å²) in [4.78, 5) is 21.9. The van der Waals surface area contributed by atoms with Gasteiger partial charge in [0, 0.05) is 0 Å². The van der Waals surface area contributed by atoms with Gasteiger partial charge in [-0.1, -0.05) is 0 Å². The van der Waals surface area contributed by atoms with Crippen molar-refractivity contribution in [2.75, 3.05) is 19.8 Å². The minimum absolute atomic E-state index is 0.217. The molecule has 0 bridgehead atoms. The lowest BCUT2D eigenvalue weighted by molar-refractivity contribution is -0.261. The van der Waals surface area contributed by atoms with Crippen LogP contribution >= 0.6 is 0 Å². The molecule has 10 nitrogen and oxygen atoms in total. The topological polar surface area (TPSA) is 152 Å². The van der Waals surface area contributed by atoms with Crippen LogP contribution < -0.4 is 5.32 Å². The number of alkyl halides is 1. The van der Waals surface area contributed by atoms with Gasteiger partial charge in [0.15, 0.2) is 6.29 Å². The van der Waals surface area contributed by atoms with Crippen LogP contribution in [0.4, 0.5) is 9.18 Å². The van der Waals surface area contributed by atoms with Crippen molar-refractivity contribution in [3.63, 3.8) is 0 Å². The van der Waals surface area contributed by atoms with Crippen LogP contribution in [0.25, 0.3) is 0 Å². The van der Waals surface area contributed by atoms with Gasteiger partial charge < -0.3 is 30.5 Å². The minimum Gasteiger partial charge on any atom is -0.394 e. The van der Waals surface area contributed by atoms with E-state index in [2.05, 4.69) is 5.29 Å². The second kappa shape index (κ2) is 7.40. The van der Waals surface area contributed by atoms with Crippen LogP contribution in [0.5, 0.6) is 0 Å². The van der Waals surface area contributed by atoms with E-state index in [-0.39, 0.29) is 5.01 Å². The van der Waals surface area contributed by atoms with Crippen LogP contribution in [0.3, 0.4) is 0 Å². The number of nitrogens with zero attached hydrogens (tertiary/aromatic N) is 2. The van der Waals surface area contributed by atoms with E-state index in [9.17, 15) is 29.4 Å². The van der Waals surface area contributed by atoms with E-state index in [0.717, 1.165) is 0 Å². The SMILES string of the molecule is O=NN(CCF)C(=O)NC1C(O)C(O)OC(CO)C1O. The minimum atomic E-state index is -1.75. The van der Waals surface area contributed by atoms with Crippen LogP contribution in [0, 0.1) is 4.91 Å². The average molecular weight is 297 g/mol. The van der Waals surface area contributed by atoms with Gasteiger partial charge in [-0.15, -0.1) is 4.91 Å². The normalized spacial score (nSPS) is 33.5. The molecule has 116 valence electrons. The summed E-state index contributed by atoms with van der Waals surface area (Å²) in [5.74, 6) is 0. The second-order valence-corrected chi connectivity index (χ2v) is 4.10. The maximum absolute atomic E-state index is 12.1. The smallest absolute Gasteiger partial charge is 0.340 e. The second-order valence-electron chi connectivity index (χ2n) is 4.10. The number of nitroso groups, excluding NO2 is 1. The first-order valence-electron chi connectivity index (χ1n) is 5.74. The van der Waals surface area contributed by atoms with Crippen LogP contribution in [0.1, 0.15) is 0 Å². The number of carbonyl (C=O) groups is 1. The Morgan fingerprint density at radius 3 is 2.50 bits per heavy atom. The maximum Gasteiger partial charge on any atom is 0.340 e. The van der Waals surface area contributed by atoms with E-state index >= 15 is 0 Å². The number of halogens is 1. The summed E-state index contributed by atoms with van der Waals surface area (Å²) in [6.07, 6.45) is -6.23. The lowest BCUT2D eigenvalue weighted by atomic mass is 9.96. The van der Waals surface area contributed by atoms with Gasteiger partial charge in [0.2, 0.25) is 0 Å².